The van der Waals surface area contributed by atoms with Crippen LogP contribution in [0, 0.1) is 17.8 Å². The van der Waals surface area contributed by atoms with E-state index < -0.39 is 15.5 Å². The van der Waals surface area contributed by atoms with Crippen molar-refractivity contribution in [2.75, 3.05) is 14.2 Å². The summed E-state index contributed by atoms with van der Waals surface area (Å²) in [5, 5.41) is 0.574. The molecule has 0 saturated heterocycles. The van der Waals surface area contributed by atoms with Crippen LogP contribution >= 0.6 is 62.3 Å². The van der Waals surface area contributed by atoms with Gasteiger partial charge in [0.15, 0.2) is 0 Å². The number of methoxy groups -OCH3 is 2. The van der Waals surface area contributed by atoms with E-state index in [4.69, 9.17) is 55.9 Å². The average Bonchev–Trinajstić information content (AvgIpc) is 2.69. The van der Waals surface area contributed by atoms with Crippen molar-refractivity contribution >= 4 is 62.3 Å². The predicted octanol–water partition coefficient (Wildman–Crippen LogP) is 5.22. The van der Waals surface area contributed by atoms with E-state index in [9.17, 15) is 0 Å². The monoisotopic (exact) mass is 448 g/mol. The maximum absolute atomic E-state index is 6.88. The first kappa shape index (κ1) is 19.2. The molecule has 2 aliphatic carbocycles. The Kier molecular flexibility index (Phi) is 5.22. The van der Waals surface area contributed by atoms with Gasteiger partial charge in [-0.05, 0) is 20.3 Å². The molecule has 2 bridgehead atoms. The fourth-order valence-electron chi connectivity index (χ4n) is 3.36. The van der Waals surface area contributed by atoms with Crippen LogP contribution in [0.5, 0.6) is 0 Å². The zero-order valence-corrected chi connectivity index (χ0v) is 17.3. The van der Waals surface area contributed by atoms with Crippen LogP contribution in [0.3, 0.4) is 0 Å². The van der Waals surface area contributed by atoms with Gasteiger partial charge in [0.05, 0.1) is 14.4 Å². The SMILES string of the molecule is COC1(OC)[C@@]2(Cl)C[C@@H](CC#CC(C)(C)Br)[C@@]1(Cl)C(Cl)=C2Cl. The molecule has 2 rings (SSSR count). The van der Waals surface area contributed by atoms with Gasteiger partial charge in [-0.3, -0.25) is 0 Å². The highest BCUT2D eigenvalue weighted by atomic mass is 79.9. The fourth-order valence-corrected chi connectivity index (χ4v) is 5.59. The lowest BCUT2D eigenvalue weighted by Crippen LogP contribution is -2.56. The molecular weight excluding hydrogens is 434 g/mol. The summed E-state index contributed by atoms with van der Waals surface area (Å²) in [5.41, 5.74) is 0. The molecule has 124 valence electrons. The lowest BCUT2D eigenvalue weighted by molar-refractivity contribution is -0.218. The van der Waals surface area contributed by atoms with Crippen molar-refractivity contribution < 1.29 is 9.47 Å². The molecule has 0 heterocycles. The Labute approximate surface area is 159 Å². The summed E-state index contributed by atoms with van der Waals surface area (Å²) in [7, 11) is 2.99. The Hall–Kier alpha value is 0.860. The van der Waals surface area contributed by atoms with Gasteiger partial charge in [-0.15, -0.1) is 29.1 Å². The maximum Gasteiger partial charge on any atom is 0.217 e. The minimum absolute atomic E-state index is 0.135. The van der Waals surface area contributed by atoms with Gasteiger partial charge < -0.3 is 9.47 Å². The Morgan fingerprint density at radius 3 is 2.18 bits per heavy atom. The molecule has 0 N–H and O–H groups in total. The normalized spacial score (nSPS) is 36.5. The van der Waals surface area contributed by atoms with E-state index in [1.54, 1.807) is 0 Å². The third-order valence-electron chi connectivity index (χ3n) is 4.26. The predicted molar refractivity (Wildman–Crippen MR) is 96.2 cm³/mol. The van der Waals surface area contributed by atoms with Crippen LogP contribution in [0.1, 0.15) is 26.7 Å². The lowest BCUT2D eigenvalue weighted by Gasteiger charge is -2.41. The van der Waals surface area contributed by atoms with Crippen LogP contribution in [0.25, 0.3) is 0 Å². The van der Waals surface area contributed by atoms with E-state index in [0.717, 1.165) is 0 Å². The van der Waals surface area contributed by atoms with E-state index in [2.05, 4.69) is 27.8 Å². The van der Waals surface area contributed by atoms with Crippen molar-refractivity contribution in [3.05, 3.63) is 10.1 Å². The second kappa shape index (κ2) is 5.99. The highest BCUT2D eigenvalue weighted by Gasteiger charge is 2.80. The topological polar surface area (TPSA) is 18.5 Å². The van der Waals surface area contributed by atoms with Crippen molar-refractivity contribution in [1.29, 1.82) is 0 Å². The van der Waals surface area contributed by atoms with Crippen LogP contribution in [0.4, 0.5) is 0 Å². The molecule has 2 nitrogen and oxygen atoms in total. The Morgan fingerprint density at radius 1 is 1.23 bits per heavy atom. The molecule has 0 spiro atoms. The van der Waals surface area contributed by atoms with Crippen molar-refractivity contribution in [2.45, 2.75) is 46.5 Å². The minimum Gasteiger partial charge on any atom is -0.350 e. The molecular formula is C15H17BrCl4O2. The molecule has 0 radical (unpaired) electrons. The molecule has 3 atom stereocenters. The first-order chi connectivity index (χ1) is 10.00. The molecule has 22 heavy (non-hydrogen) atoms. The number of fused-ring (bicyclic) bond motifs is 2. The number of hydrogen-bond donors (Lipinski definition) is 0. The van der Waals surface area contributed by atoms with Gasteiger partial charge >= 0.3 is 0 Å². The van der Waals surface area contributed by atoms with E-state index in [-0.39, 0.29) is 15.3 Å². The van der Waals surface area contributed by atoms with E-state index in [1.165, 1.54) is 14.2 Å². The molecule has 0 aromatic rings. The second-order valence-corrected chi connectivity index (χ2v) is 10.0. The van der Waals surface area contributed by atoms with Crippen molar-refractivity contribution in [3.8, 4) is 11.8 Å². The third-order valence-corrected chi connectivity index (χ3v) is 7.09. The summed E-state index contributed by atoms with van der Waals surface area (Å²) < 4.78 is 10.9. The summed E-state index contributed by atoms with van der Waals surface area (Å²) in [4.78, 5) is -2.25. The zero-order valence-electron chi connectivity index (χ0n) is 12.7. The number of ether oxygens (including phenoxy) is 2. The van der Waals surface area contributed by atoms with Gasteiger partial charge in [-0.1, -0.05) is 45.1 Å². The molecule has 0 aliphatic heterocycles. The van der Waals surface area contributed by atoms with Crippen LogP contribution in [-0.4, -0.2) is 34.1 Å². The van der Waals surface area contributed by atoms with E-state index in [1.807, 2.05) is 13.8 Å². The number of halogens is 5. The molecule has 0 unspecified atom stereocenters. The van der Waals surface area contributed by atoms with Crippen LogP contribution in [-0.2, 0) is 9.47 Å². The summed E-state index contributed by atoms with van der Waals surface area (Å²) in [5.74, 6) is 4.81. The van der Waals surface area contributed by atoms with Gasteiger partial charge in [0, 0.05) is 26.6 Å². The largest absolute Gasteiger partial charge is 0.350 e. The average molecular weight is 451 g/mol. The van der Waals surface area contributed by atoms with Crippen molar-refractivity contribution in [2.24, 2.45) is 5.92 Å². The van der Waals surface area contributed by atoms with Gasteiger partial charge in [-0.2, -0.15) is 0 Å². The standard InChI is InChI=1S/C15H17BrCl4O2/c1-12(2,16)7-5-6-9-8-13(19)10(17)11(18)14(9,20)15(13,21-3)22-4/h9H,6,8H2,1-4H3/t9-,13-,14-/m1/s1. The first-order valence-corrected chi connectivity index (χ1v) is 9.04. The molecule has 0 amide bonds. The molecule has 1 fully saturated rings. The van der Waals surface area contributed by atoms with E-state index >= 15 is 0 Å². The summed E-state index contributed by atoms with van der Waals surface area (Å²) in [6.07, 6.45) is 0.994. The van der Waals surface area contributed by atoms with Gasteiger partial charge in [0.25, 0.3) is 0 Å². The molecule has 1 saturated carbocycles. The van der Waals surface area contributed by atoms with Crippen LogP contribution in [0.15, 0.2) is 10.1 Å². The Bertz CT molecular complexity index is 570. The smallest absolute Gasteiger partial charge is 0.217 e. The van der Waals surface area contributed by atoms with Crippen molar-refractivity contribution in [1.82, 2.24) is 0 Å². The number of hydrogen-bond acceptors (Lipinski definition) is 2. The molecule has 2 aliphatic rings. The van der Waals surface area contributed by atoms with Gasteiger partial charge in [0.2, 0.25) is 5.79 Å². The van der Waals surface area contributed by atoms with Crippen LogP contribution < -0.4 is 0 Å². The molecule has 0 aromatic heterocycles. The molecule has 7 heteroatoms. The lowest BCUT2D eigenvalue weighted by atomic mass is 9.88. The Balaban J connectivity index is 2.45. The summed E-state index contributed by atoms with van der Waals surface area (Å²) in [6.45, 7) is 3.94. The highest BCUT2D eigenvalue weighted by molar-refractivity contribution is 9.10. The zero-order chi connectivity index (χ0) is 17.0. The van der Waals surface area contributed by atoms with E-state index in [0.29, 0.717) is 17.9 Å². The first-order valence-electron chi connectivity index (χ1n) is 6.73. The Morgan fingerprint density at radius 2 is 1.77 bits per heavy atom. The highest BCUT2D eigenvalue weighted by Crippen LogP contribution is 2.72. The minimum atomic E-state index is -1.31. The second-order valence-electron chi connectivity index (χ2n) is 6.05. The number of rotatable bonds is 3. The quantitative estimate of drug-likeness (QED) is 0.333. The van der Waals surface area contributed by atoms with Crippen LogP contribution in [0.2, 0.25) is 0 Å². The number of alkyl halides is 3. The summed E-state index contributed by atoms with van der Waals surface area (Å²) in [6, 6.07) is 0. The van der Waals surface area contributed by atoms with Gasteiger partial charge in [-0.25, -0.2) is 0 Å². The maximum atomic E-state index is 6.88. The third kappa shape index (κ3) is 2.37. The van der Waals surface area contributed by atoms with Crippen molar-refractivity contribution in [3.63, 3.8) is 0 Å². The molecule has 0 aromatic carbocycles. The summed E-state index contributed by atoms with van der Waals surface area (Å²) >= 11 is 29.9. The van der Waals surface area contributed by atoms with Gasteiger partial charge in [0.1, 0.15) is 9.75 Å². The fraction of sp³-hybridized carbons (Fsp3) is 0.733.